The molecular formula is C43H52F2N10O4. The molecule has 0 unspecified atom stereocenters. The molecule has 4 N–H and O–H groups in total. The Kier molecular flexibility index (Phi) is 12.5. The van der Waals surface area contributed by atoms with Crippen LogP contribution in [0.2, 0.25) is 0 Å². The molecule has 0 spiro atoms. The van der Waals surface area contributed by atoms with E-state index in [0.29, 0.717) is 60.1 Å². The van der Waals surface area contributed by atoms with Crippen LogP contribution in [0.5, 0.6) is 5.88 Å². The SMILES string of the molecule is CC[C@H](C)CCCOc1c(-c2cc(C(=O)Nc3nc4ccc(N5CCN(CCNc6cc(F)c([C@H]7CCC(=O)NC7=O)c(F)c6)[C@H](C)C5)cc4[nH]3)cc(C)n2)cnn1C. The molecule has 16 heteroatoms. The molecule has 59 heavy (non-hydrogen) atoms. The number of aromatic amines is 1. The molecule has 2 fully saturated rings. The van der Waals surface area contributed by atoms with E-state index in [1.165, 1.54) is 12.1 Å². The number of amides is 3. The van der Waals surface area contributed by atoms with Gasteiger partial charge in [-0.15, -0.1) is 0 Å². The van der Waals surface area contributed by atoms with Crippen molar-refractivity contribution < 1.29 is 27.9 Å². The monoisotopic (exact) mass is 810 g/mol. The summed E-state index contributed by atoms with van der Waals surface area (Å²) in [5.74, 6) is -2.50. The van der Waals surface area contributed by atoms with E-state index in [0.717, 1.165) is 61.2 Å². The highest BCUT2D eigenvalue weighted by Gasteiger charge is 2.33. The molecular weight excluding hydrogens is 759 g/mol. The Balaban J connectivity index is 0.933. The average molecular weight is 811 g/mol. The molecule has 2 aliphatic heterocycles. The third kappa shape index (κ3) is 9.54. The number of imidazole rings is 1. The molecule has 2 aliphatic rings. The summed E-state index contributed by atoms with van der Waals surface area (Å²) in [4.78, 5) is 54.5. The molecule has 0 radical (unpaired) electrons. The van der Waals surface area contributed by atoms with Crippen molar-refractivity contribution >= 4 is 46.1 Å². The Morgan fingerprint density at radius 2 is 1.88 bits per heavy atom. The van der Waals surface area contributed by atoms with Gasteiger partial charge in [0.25, 0.3) is 5.91 Å². The van der Waals surface area contributed by atoms with Crippen LogP contribution in [-0.4, -0.2) is 92.7 Å². The maximum atomic E-state index is 15.0. The van der Waals surface area contributed by atoms with Gasteiger partial charge in [-0.25, -0.2) is 18.4 Å². The first kappa shape index (κ1) is 41.3. The molecule has 3 amide bonds. The zero-order chi connectivity index (χ0) is 41.8. The van der Waals surface area contributed by atoms with Crippen LogP contribution in [0.3, 0.4) is 0 Å². The standard InChI is InChI=1S/C43H52F2N10O4/c1-6-25(2)8-7-17-59-42-32(23-47-53(42)5)36-19-28(18-26(3)48-36)40(57)52-43-49-35-11-9-30(22-37(35)50-43)55-16-15-54(27(4)24-55)14-13-46-29-20-33(44)39(34(45)21-29)31-10-12-38(56)51-41(31)58/h9,11,18-23,25,27,31,46H,6-8,10,12-17,24H2,1-5H3,(H,51,56,58)(H2,49,50,52,57)/t25-,27+,31+/m0/s1. The van der Waals surface area contributed by atoms with Crippen LogP contribution in [0.25, 0.3) is 22.3 Å². The van der Waals surface area contributed by atoms with Crippen molar-refractivity contribution in [3.63, 3.8) is 0 Å². The third-order valence-electron chi connectivity index (χ3n) is 11.4. The first-order valence-electron chi connectivity index (χ1n) is 20.4. The molecule has 0 bridgehead atoms. The number of fused-ring (bicyclic) bond motifs is 1. The second-order valence-corrected chi connectivity index (χ2v) is 15.7. The molecule has 2 aromatic carbocycles. The Morgan fingerprint density at radius 1 is 1.08 bits per heavy atom. The zero-order valence-electron chi connectivity index (χ0n) is 34.2. The summed E-state index contributed by atoms with van der Waals surface area (Å²) in [5.41, 5.74) is 4.96. The van der Waals surface area contributed by atoms with E-state index in [4.69, 9.17) is 9.72 Å². The number of pyridine rings is 1. The van der Waals surface area contributed by atoms with Gasteiger partial charge in [-0.05, 0) is 81.5 Å². The number of aryl methyl sites for hydroxylation is 2. The van der Waals surface area contributed by atoms with E-state index in [1.807, 2.05) is 32.2 Å². The van der Waals surface area contributed by atoms with Crippen LogP contribution in [0.15, 0.2) is 48.7 Å². The quantitative estimate of drug-likeness (QED) is 0.0675. The highest BCUT2D eigenvalue weighted by Crippen LogP contribution is 2.32. The number of hydrogen-bond acceptors (Lipinski definition) is 10. The van der Waals surface area contributed by atoms with Gasteiger partial charge in [0.15, 0.2) is 0 Å². The molecule has 5 heterocycles. The van der Waals surface area contributed by atoms with E-state index in [2.05, 4.69) is 61.6 Å². The second kappa shape index (κ2) is 17.9. The summed E-state index contributed by atoms with van der Waals surface area (Å²) >= 11 is 0. The van der Waals surface area contributed by atoms with Gasteiger partial charge < -0.3 is 19.9 Å². The van der Waals surface area contributed by atoms with Crippen molar-refractivity contribution in [2.45, 2.75) is 71.8 Å². The zero-order valence-corrected chi connectivity index (χ0v) is 34.2. The highest BCUT2D eigenvalue weighted by molar-refractivity contribution is 6.05. The Labute approximate surface area is 342 Å². The van der Waals surface area contributed by atoms with Crippen LogP contribution >= 0.6 is 0 Å². The van der Waals surface area contributed by atoms with E-state index in [9.17, 15) is 23.2 Å². The van der Waals surface area contributed by atoms with Crippen molar-refractivity contribution in [3.8, 4) is 17.1 Å². The van der Waals surface area contributed by atoms with Crippen molar-refractivity contribution in [1.29, 1.82) is 0 Å². The minimum absolute atomic E-state index is 0.0405. The molecule has 0 saturated carbocycles. The van der Waals surface area contributed by atoms with Crippen molar-refractivity contribution in [1.82, 2.24) is 34.9 Å². The molecule has 3 aromatic heterocycles. The first-order chi connectivity index (χ1) is 28.4. The van der Waals surface area contributed by atoms with Crippen LogP contribution < -0.4 is 25.6 Å². The molecule has 2 saturated heterocycles. The highest BCUT2D eigenvalue weighted by atomic mass is 19.1. The molecule has 3 atom stereocenters. The van der Waals surface area contributed by atoms with Gasteiger partial charge in [0.05, 0.1) is 41.0 Å². The van der Waals surface area contributed by atoms with Crippen molar-refractivity contribution in [2.75, 3.05) is 54.9 Å². The molecule has 14 nitrogen and oxygen atoms in total. The molecule has 5 aromatic rings. The van der Waals surface area contributed by atoms with Gasteiger partial charge in [0.1, 0.15) is 11.6 Å². The third-order valence-corrected chi connectivity index (χ3v) is 11.4. The summed E-state index contributed by atoms with van der Waals surface area (Å²) in [6.07, 6.45) is 4.99. The number of nitrogens with one attached hydrogen (secondary N) is 4. The topological polar surface area (TPSA) is 162 Å². The summed E-state index contributed by atoms with van der Waals surface area (Å²) in [5, 5.41) is 12.6. The summed E-state index contributed by atoms with van der Waals surface area (Å²) < 4.78 is 37.8. The summed E-state index contributed by atoms with van der Waals surface area (Å²) in [6.45, 7) is 12.4. The number of carbonyl (C=O) groups excluding carboxylic acids is 3. The molecule has 312 valence electrons. The predicted octanol–water partition coefficient (Wildman–Crippen LogP) is 6.55. The number of carbonyl (C=O) groups is 3. The lowest BCUT2D eigenvalue weighted by Gasteiger charge is -2.41. The Bertz CT molecular complexity index is 2320. The number of anilines is 3. The van der Waals surface area contributed by atoms with Crippen molar-refractivity contribution in [3.05, 3.63) is 77.1 Å². The summed E-state index contributed by atoms with van der Waals surface area (Å²) in [6, 6.07) is 12.1. The normalized spacial score (nSPS) is 17.9. The number of hydrogen-bond donors (Lipinski definition) is 4. The fourth-order valence-corrected chi connectivity index (χ4v) is 7.84. The van der Waals surface area contributed by atoms with Crippen LogP contribution in [0.1, 0.15) is 80.4 Å². The number of H-pyrrole nitrogens is 1. The van der Waals surface area contributed by atoms with E-state index in [-0.39, 0.29) is 30.4 Å². The van der Waals surface area contributed by atoms with Gasteiger partial charge >= 0.3 is 0 Å². The fourth-order valence-electron chi connectivity index (χ4n) is 7.84. The van der Waals surface area contributed by atoms with Crippen molar-refractivity contribution in [2.24, 2.45) is 13.0 Å². The number of aromatic nitrogens is 5. The molecule has 7 rings (SSSR count). The largest absolute Gasteiger partial charge is 0.477 e. The predicted molar refractivity (Wildman–Crippen MR) is 223 cm³/mol. The maximum Gasteiger partial charge on any atom is 0.258 e. The fraction of sp³-hybridized carbons (Fsp3) is 0.442. The van der Waals surface area contributed by atoms with Gasteiger partial charge in [-0.2, -0.15) is 5.10 Å². The number of rotatable bonds is 15. The Morgan fingerprint density at radius 3 is 2.63 bits per heavy atom. The second-order valence-electron chi connectivity index (χ2n) is 15.7. The number of halogens is 2. The average Bonchev–Trinajstić information content (AvgIpc) is 3.78. The van der Waals surface area contributed by atoms with Crippen LogP contribution in [-0.2, 0) is 16.6 Å². The Hall–Kier alpha value is -5.90. The number of benzene rings is 2. The number of piperazine rings is 1. The lowest BCUT2D eigenvalue weighted by molar-refractivity contribution is -0.134. The molecule has 0 aliphatic carbocycles. The summed E-state index contributed by atoms with van der Waals surface area (Å²) in [7, 11) is 1.83. The van der Waals surface area contributed by atoms with Crippen LogP contribution in [0, 0.1) is 24.5 Å². The smallest absolute Gasteiger partial charge is 0.258 e. The van der Waals surface area contributed by atoms with Gasteiger partial charge in [0.2, 0.25) is 23.6 Å². The minimum Gasteiger partial charge on any atom is -0.477 e. The number of imide groups is 1. The minimum atomic E-state index is -1.03. The van der Waals surface area contributed by atoms with E-state index in [1.54, 1.807) is 23.0 Å². The van der Waals surface area contributed by atoms with Crippen LogP contribution in [0.4, 0.5) is 26.1 Å². The van der Waals surface area contributed by atoms with Gasteiger partial charge in [-0.3, -0.25) is 34.9 Å². The number of nitrogens with zero attached hydrogens (tertiary/aromatic N) is 6. The lowest BCUT2D eigenvalue weighted by atomic mass is 9.89. The van der Waals surface area contributed by atoms with E-state index >= 15 is 0 Å². The van der Waals surface area contributed by atoms with Gasteiger partial charge in [0, 0.05) is 80.4 Å². The number of piperidine rings is 1. The number of ether oxygens (including phenoxy) is 1. The lowest BCUT2D eigenvalue weighted by Crippen LogP contribution is -2.53. The van der Waals surface area contributed by atoms with E-state index < -0.39 is 29.4 Å². The van der Waals surface area contributed by atoms with Gasteiger partial charge in [-0.1, -0.05) is 20.3 Å². The first-order valence-corrected chi connectivity index (χ1v) is 20.4. The maximum absolute atomic E-state index is 15.0.